The van der Waals surface area contributed by atoms with E-state index in [2.05, 4.69) is 18.7 Å². The van der Waals surface area contributed by atoms with Gasteiger partial charge in [0.25, 0.3) is 0 Å². The molecule has 0 N–H and O–H groups in total. The molecule has 0 radical (unpaired) electrons. The Hall–Kier alpha value is -0.430. The first kappa shape index (κ1) is 7.67. The molecule has 10 heavy (non-hydrogen) atoms. The molecule has 0 aromatic rings. The first-order valence-electron chi connectivity index (χ1n) is 3.54. The maximum atomic E-state index is 3.60. The van der Waals surface area contributed by atoms with Crippen LogP contribution in [0.1, 0.15) is 12.8 Å². The van der Waals surface area contributed by atoms with Crippen molar-refractivity contribution in [3.05, 3.63) is 35.8 Å². The van der Waals surface area contributed by atoms with Crippen molar-refractivity contribution in [2.75, 3.05) is 5.75 Å². The van der Waals surface area contributed by atoms with Crippen LogP contribution < -0.4 is 0 Å². The highest BCUT2D eigenvalue weighted by atomic mass is 32.2. The fourth-order valence-electron chi connectivity index (χ4n) is 0.895. The molecule has 0 unspecified atom stereocenters. The third-order valence-electron chi connectivity index (χ3n) is 1.38. The summed E-state index contributed by atoms with van der Waals surface area (Å²) < 4.78 is 0. The summed E-state index contributed by atoms with van der Waals surface area (Å²) >= 11 is 1.97. The molecule has 0 saturated carbocycles. The number of thioether (sulfide) groups is 1. The predicted molar refractivity (Wildman–Crippen MR) is 49.1 cm³/mol. The van der Waals surface area contributed by atoms with Gasteiger partial charge in [-0.15, -0.1) is 11.8 Å². The Bertz CT molecular complexity index is 158. The standard InChI is InChI=1S/C9H12S/c1-2-3-4-6-9-7-5-8-10-9/h2-4,6H,1,5,7-8H2/b4-3-,9-6+. The molecule has 1 heterocycles. The van der Waals surface area contributed by atoms with Gasteiger partial charge in [-0.1, -0.05) is 30.9 Å². The maximum Gasteiger partial charge on any atom is -0.00199 e. The summed E-state index contributed by atoms with van der Waals surface area (Å²) in [6.45, 7) is 3.60. The molecule has 0 aromatic carbocycles. The van der Waals surface area contributed by atoms with Crippen molar-refractivity contribution >= 4 is 11.8 Å². The summed E-state index contributed by atoms with van der Waals surface area (Å²) in [4.78, 5) is 1.51. The number of allylic oxidation sites excluding steroid dienone is 5. The third-order valence-corrected chi connectivity index (χ3v) is 2.59. The van der Waals surface area contributed by atoms with Crippen molar-refractivity contribution in [3.8, 4) is 0 Å². The van der Waals surface area contributed by atoms with Crippen molar-refractivity contribution in [2.45, 2.75) is 12.8 Å². The Morgan fingerprint density at radius 1 is 1.40 bits per heavy atom. The van der Waals surface area contributed by atoms with E-state index in [1.54, 1.807) is 6.08 Å². The number of rotatable bonds is 2. The van der Waals surface area contributed by atoms with E-state index in [4.69, 9.17) is 0 Å². The van der Waals surface area contributed by atoms with Crippen LogP contribution in [0.3, 0.4) is 0 Å². The maximum absolute atomic E-state index is 3.60. The van der Waals surface area contributed by atoms with Crippen molar-refractivity contribution < 1.29 is 0 Å². The second kappa shape index (κ2) is 4.40. The van der Waals surface area contributed by atoms with Crippen LogP contribution in [0, 0.1) is 0 Å². The van der Waals surface area contributed by atoms with Gasteiger partial charge in [0.2, 0.25) is 0 Å². The van der Waals surface area contributed by atoms with Gasteiger partial charge < -0.3 is 0 Å². The van der Waals surface area contributed by atoms with Crippen LogP contribution in [0.5, 0.6) is 0 Å². The molecule has 0 aromatic heterocycles. The number of hydrogen-bond acceptors (Lipinski definition) is 1. The molecule has 1 aliphatic heterocycles. The molecule has 0 bridgehead atoms. The summed E-state index contributed by atoms with van der Waals surface area (Å²) in [5.41, 5.74) is 0. The van der Waals surface area contributed by atoms with Gasteiger partial charge in [0.1, 0.15) is 0 Å². The second-order valence-corrected chi connectivity index (χ2v) is 3.43. The summed E-state index contributed by atoms with van der Waals surface area (Å²) in [6, 6.07) is 0. The minimum absolute atomic E-state index is 1.27. The molecule has 1 aliphatic rings. The molecule has 54 valence electrons. The molecular formula is C9H12S. The van der Waals surface area contributed by atoms with E-state index in [0.717, 1.165) is 0 Å². The van der Waals surface area contributed by atoms with Crippen LogP contribution in [0.15, 0.2) is 35.8 Å². The zero-order valence-electron chi connectivity index (χ0n) is 6.05. The van der Waals surface area contributed by atoms with Gasteiger partial charge in [-0.2, -0.15) is 0 Å². The second-order valence-electron chi connectivity index (χ2n) is 2.21. The quantitative estimate of drug-likeness (QED) is 0.548. The van der Waals surface area contributed by atoms with Crippen LogP contribution in [-0.2, 0) is 0 Å². The van der Waals surface area contributed by atoms with E-state index < -0.39 is 0 Å². The Labute approximate surface area is 66.7 Å². The van der Waals surface area contributed by atoms with E-state index >= 15 is 0 Å². The van der Waals surface area contributed by atoms with Gasteiger partial charge in [-0.25, -0.2) is 0 Å². The van der Waals surface area contributed by atoms with Crippen molar-refractivity contribution in [1.82, 2.24) is 0 Å². The molecule has 1 rings (SSSR count). The monoisotopic (exact) mass is 152 g/mol. The van der Waals surface area contributed by atoms with Gasteiger partial charge >= 0.3 is 0 Å². The summed E-state index contributed by atoms with van der Waals surface area (Å²) in [7, 11) is 0. The Morgan fingerprint density at radius 3 is 2.90 bits per heavy atom. The first-order chi connectivity index (χ1) is 4.93. The largest absolute Gasteiger partial charge is 0.131 e. The lowest BCUT2D eigenvalue weighted by atomic mass is 10.3. The lowest BCUT2D eigenvalue weighted by molar-refractivity contribution is 0.995. The molecule has 1 heteroatoms. The minimum atomic E-state index is 1.27. The van der Waals surface area contributed by atoms with Crippen LogP contribution in [0.25, 0.3) is 0 Å². The first-order valence-corrected chi connectivity index (χ1v) is 4.53. The summed E-state index contributed by atoms with van der Waals surface area (Å²) in [5, 5.41) is 0. The molecule has 0 amide bonds. The highest BCUT2D eigenvalue weighted by Crippen LogP contribution is 2.29. The molecule has 0 atom stereocenters. The average molecular weight is 152 g/mol. The fourth-order valence-corrected chi connectivity index (χ4v) is 1.91. The van der Waals surface area contributed by atoms with Crippen molar-refractivity contribution in [3.63, 3.8) is 0 Å². The highest BCUT2D eigenvalue weighted by molar-refractivity contribution is 8.03. The van der Waals surface area contributed by atoms with Crippen LogP contribution in [0.2, 0.25) is 0 Å². The molecule has 0 aliphatic carbocycles. The van der Waals surface area contributed by atoms with E-state index in [0.29, 0.717) is 0 Å². The fraction of sp³-hybridized carbons (Fsp3) is 0.333. The molecule has 1 fully saturated rings. The Balaban J connectivity index is 2.37. The predicted octanol–water partition coefficient (Wildman–Crippen LogP) is 3.14. The summed E-state index contributed by atoms with van der Waals surface area (Å²) in [6.07, 6.45) is 10.6. The van der Waals surface area contributed by atoms with E-state index in [1.165, 1.54) is 23.5 Å². The van der Waals surface area contributed by atoms with Gasteiger partial charge in [0.05, 0.1) is 0 Å². The Morgan fingerprint density at radius 2 is 2.30 bits per heavy atom. The topological polar surface area (TPSA) is 0 Å². The molecule has 0 spiro atoms. The van der Waals surface area contributed by atoms with Crippen LogP contribution in [-0.4, -0.2) is 5.75 Å². The van der Waals surface area contributed by atoms with E-state index in [-0.39, 0.29) is 0 Å². The lowest BCUT2D eigenvalue weighted by Gasteiger charge is -1.87. The zero-order chi connectivity index (χ0) is 7.23. The van der Waals surface area contributed by atoms with Gasteiger partial charge in [-0.05, 0) is 23.5 Å². The minimum Gasteiger partial charge on any atom is -0.131 e. The van der Waals surface area contributed by atoms with Crippen LogP contribution >= 0.6 is 11.8 Å². The van der Waals surface area contributed by atoms with E-state index in [9.17, 15) is 0 Å². The molecule has 0 nitrogen and oxygen atoms in total. The van der Waals surface area contributed by atoms with E-state index in [1.807, 2.05) is 17.8 Å². The van der Waals surface area contributed by atoms with Crippen LogP contribution in [0.4, 0.5) is 0 Å². The normalized spacial score (nSPS) is 22.6. The van der Waals surface area contributed by atoms with Gasteiger partial charge in [0, 0.05) is 0 Å². The highest BCUT2D eigenvalue weighted by Gasteiger charge is 2.04. The lowest BCUT2D eigenvalue weighted by Crippen LogP contribution is -1.62. The molecular weight excluding hydrogens is 140 g/mol. The molecule has 1 saturated heterocycles. The number of hydrogen-bond donors (Lipinski definition) is 0. The SMILES string of the molecule is C=C/C=C\C=C1/CCCS1. The van der Waals surface area contributed by atoms with Crippen molar-refractivity contribution in [2.24, 2.45) is 0 Å². The average Bonchev–Trinajstić information content (AvgIpc) is 2.41. The Kier molecular flexibility index (Phi) is 3.37. The van der Waals surface area contributed by atoms with Gasteiger partial charge in [-0.3, -0.25) is 0 Å². The third kappa shape index (κ3) is 2.44. The van der Waals surface area contributed by atoms with Gasteiger partial charge in [0.15, 0.2) is 0 Å². The smallest absolute Gasteiger partial charge is 0.00199 e. The zero-order valence-corrected chi connectivity index (χ0v) is 6.86. The van der Waals surface area contributed by atoms with Crippen molar-refractivity contribution in [1.29, 1.82) is 0 Å². The summed E-state index contributed by atoms with van der Waals surface area (Å²) in [5.74, 6) is 1.30.